The van der Waals surface area contributed by atoms with Gasteiger partial charge in [0.05, 0.1) is 0 Å². The van der Waals surface area contributed by atoms with Crippen molar-refractivity contribution >= 4 is 5.78 Å². The van der Waals surface area contributed by atoms with E-state index in [9.17, 15) is 4.79 Å². The Morgan fingerprint density at radius 2 is 2.06 bits per heavy atom. The number of rotatable bonds is 7. The first-order valence-corrected chi connectivity index (χ1v) is 7.01. The van der Waals surface area contributed by atoms with E-state index in [2.05, 4.69) is 19.9 Å². The topological polar surface area (TPSA) is 17.1 Å². The summed E-state index contributed by atoms with van der Waals surface area (Å²) >= 11 is 0. The second-order valence-corrected chi connectivity index (χ2v) is 4.94. The molecule has 0 aromatic heterocycles. The van der Waals surface area contributed by atoms with Gasteiger partial charge in [-0.1, -0.05) is 44.8 Å². The zero-order chi connectivity index (χ0) is 11.8. The standard InChI is InChI=1S/C15H26O/c1-3-5-7-10-13(9-6-4-2)14-11-8-12-15(14)16/h10,14H,3-9,11-12H2,1-2H3/b13-10+/t14-/m1/s1. The lowest BCUT2D eigenvalue weighted by Gasteiger charge is -2.13. The van der Waals surface area contributed by atoms with Crippen LogP contribution in [-0.2, 0) is 4.79 Å². The largest absolute Gasteiger partial charge is 0.299 e. The van der Waals surface area contributed by atoms with Crippen molar-refractivity contribution in [1.82, 2.24) is 0 Å². The monoisotopic (exact) mass is 222 g/mol. The molecule has 1 rings (SSSR count). The second kappa shape index (κ2) is 7.65. The summed E-state index contributed by atoms with van der Waals surface area (Å²) in [6, 6.07) is 0. The predicted octanol–water partition coefficient (Wildman–Crippen LogP) is 4.66. The van der Waals surface area contributed by atoms with Crippen molar-refractivity contribution in [1.29, 1.82) is 0 Å². The van der Waals surface area contributed by atoms with Crippen molar-refractivity contribution in [3.8, 4) is 0 Å². The lowest BCUT2D eigenvalue weighted by atomic mass is 9.91. The molecule has 1 aliphatic rings. The van der Waals surface area contributed by atoms with Gasteiger partial charge >= 0.3 is 0 Å². The fourth-order valence-electron chi connectivity index (χ4n) is 2.50. The summed E-state index contributed by atoms with van der Waals surface area (Å²) in [6.07, 6.45) is 12.7. The quantitative estimate of drug-likeness (QED) is 0.452. The minimum atomic E-state index is 0.295. The first-order valence-electron chi connectivity index (χ1n) is 7.01. The first kappa shape index (κ1) is 13.5. The van der Waals surface area contributed by atoms with E-state index in [1.807, 2.05) is 0 Å². The van der Waals surface area contributed by atoms with Gasteiger partial charge in [0.15, 0.2) is 0 Å². The highest BCUT2D eigenvalue weighted by Crippen LogP contribution is 2.31. The van der Waals surface area contributed by atoms with Crippen LogP contribution in [0.4, 0.5) is 0 Å². The molecule has 1 saturated carbocycles. The van der Waals surface area contributed by atoms with Crippen LogP contribution < -0.4 is 0 Å². The molecule has 0 radical (unpaired) electrons. The van der Waals surface area contributed by atoms with Crippen molar-refractivity contribution in [3.05, 3.63) is 11.6 Å². The van der Waals surface area contributed by atoms with Crippen LogP contribution in [0.15, 0.2) is 11.6 Å². The number of hydrogen-bond acceptors (Lipinski definition) is 1. The predicted molar refractivity (Wildman–Crippen MR) is 69.5 cm³/mol. The van der Waals surface area contributed by atoms with E-state index in [4.69, 9.17) is 0 Å². The number of carbonyl (C=O) groups excluding carboxylic acids is 1. The van der Waals surface area contributed by atoms with Crippen molar-refractivity contribution in [3.63, 3.8) is 0 Å². The zero-order valence-electron chi connectivity index (χ0n) is 10.9. The Balaban J connectivity index is 2.54. The molecular formula is C15H26O. The molecule has 0 spiro atoms. The molecular weight excluding hydrogens is 196 g/mol. The minimum absolute atomic E-state index is 0.295. The summed E-state index contributed by atoms with van der Waals surface area (Å²) in [4.78, 5) is 11.8. The van der Waals surface area contributed by atoms with Gasteiger partial charge in [0.25, 0.3) is 0 Å². The Morgan fingerprint density at radius 3 is 2.62 bits per heavy atom. The van der Waals surface area contributed by atoms with E-state index in [1.54, 1.807) is 0 Å². The summed E-state index contributed by atoms with van der Waals surface area (Å²) in [5.41, 5.74) is 1.46. The maximum atomic E-state index is 11.8. The van der Waals surface area contributed by atoms with Crippen molar-refractivity contribution < 1.29 is 4.79 Å². The lowest BCUT2D eigenvalue weighted by molar-refractivity contribution is -0.119. The SMILES string of the molecule is CCCC/C=C(\CCCC)[C@H]1CCCC1=O. The van der Waals surface area contributed by atoms with Gasteiger partial charge in [0, 0.05) is 12.3 Å². The Morgan fingerprint density at radius 1 is 1.31 bits per heavy atom. The smallest absolute Gasteiger partial charge is 0.139 e. The van der Waals surface area contributed by atoms with Gasteiger partial charge in [-0.3, -0.25) is 4.79 Å². The van der Waals surface area contributed by atoms with Gasteiger partial charge in [-0.15, -0.1) is 0 Å². The van der Waals surface area contributed by atoms with Crippen molar-refractivity contribution in [2.45, 2.75) is 71.6 Å². The minimum Gasteiger partial charge on any atom is -0.299 e. The molecule has 1 fully saturated rings. The third kappa shape index (κ3) is 4.11. The van der Waals surface area contributed by atoms with E-state index in [0.717, 1.165) is 25.7 Å². The third-order valence-corrected chi connectivity index (χ3v) is 3.54. The van der Waals surface area contributed by atoms with Crippen LogP contribution in [0.25, 0.3) is 0 Å². The average Bonchev–Trinajstić information content (AvgIpc) is 2.70. The molecule has 0 aromatic carbocycles. The molecule has 92 valence electrons. The highest BCUT2D eigenvalue weighted by molar-refractivity contribution is 5.85. The van der Waals surface area contributed by atoms with Crippen LogP contribution in [0.1, 0.15) is 71.6 Å². The summed E-state index contributed by atoms with van der Waals surface area (Å²) in [6.45, 7) is 4.44. The maximum absolute atomic E-state index is 11.8. The summed E-state index contributed by atoms with van der Waals surface area (Å²) in [7, 11) is 0. The van der Waals surface area contributed by atoms with Gasteiger partial charge in [0.1, 0.15) is 5.78 Å². The molecule has 1 heteroatoms. The van der Waals surface area contributed by atoms with Crippen LogP contribution in [0.2, 0.25) is 0 Å². The summed E-state index contributed by atoms with van der Waals surface area (Å²) in [5, 5.41) is 0. The van der Waals surface area contributed by atoms with E-state index in [0.29, 0.717) is 11.7 Å². The fourth-order valence-corrected chi connectivity index (χ4v) is 2.50. The molecule has 1 nitrogen and oxygen atoms in total. The Bertz CT molecular complexity index is 240. The van der Waals surface area contributed by atoms with Crippen molar-refractivity contribution in [2.24, 2.45) is 5.92 Å². The van der Waals surface area contributed by atoms with Crippen LogP contribution in [-0.4, -0.2) is 5.78 Å². The molecule has 16 heavy (non-hydrogen) atoms. The van der Waals surface area contributed by atoms with Crippen LogP contribution in [0.3, 0.4) is 0 Å². The number of carbonyl (C=O) groups is 1. The fraction of sp³-hybridized carbons (Fsp3) is 0.800. The Kier molecular flexibility index (Phi) is 6.44. The highest BCUT2D eigenvalue weighted by atomic mass is 16.1. The number of allylic oxidation sites excluding steroid dienone is 2. The first-order chi connectivity index (χ1) is 7.79. The van der Waals surface area contributed by atoms with Gasteiger partial charge in [0.2, 0.25) is 0 Å². The molecule has 1 atom stereocenters. The molecule has 1 aliphatic carbocycles. The Labute approximate surface area is 100 Å². The average molecular weight is 222 g/mol. The van der Waals surface area contributed by atoms with Gasteiger partial charge in [-0.05, 0) is 32.1 Å². The zero-order valence-corrected chi connectivity index (χ0v) is 10.9. The summed E-state index contributed by atoms with van der Waals surface area (Å²) in [5.74, 6) is 0.794. The lowest BCUT2D eigenvalue weighted by Crippen LogP contribution is -2.09. The molecule has 0 unspecified atom stereocenters. The third-order valence-electron chi connectivity index (χ3n) is 3.54. The van der Waals surface area contributed by atoms with Crippen LogP contribution in [0.5, 0.6) is 0 Å². The van der Waals surface area contributed by atoms with Crippen LogP contribution >= 0.6 is 0 Å². The molecule has 0 heterocycles. The Hall–Kier alpha value is -0.590. The number of hydrogen-bond donors (Lipinski definition) is 0. The number of unbranched alkanes of at least 4 members (excludes halogenated alkanes) is 3. The highest BCUT2D eigenvalue weighted by Gasteiger charge is 2.26. The van der Waals surface area contributed by atoms with Crippen molar-refractivity contribution in [2.75, 3.05) is 0 Å². The van der Waals surface area contributed by atoms with E-state index in [-0.39, 0.29) is 0 Å². The maximum Gasteiger partial charge on any atom is 0.139 e. The van der Waals surface area contributed by atoms with E-state index in [1.165, 1.54) is 37.7 Å². The second-order valence-electron chi connectivity index (χ2n) is 4.94. The molecule has 0 saturated heterocycles. The molecule has 0 N–H and O–H groups in total. The van der Waals surface area contributed by atoms with Gasteiger partial charge in [-0.2, -0.15) is 0 Å². The molecule has 0 bridgehead atoms. The normalized spacial score (nSPS) is 21.8. The number of Topliss-reactive ketones (excluding diaryl/α,β-unsaturated/α-hetero) is 1. The van der Waals surface area contributed by atoms with E-state index < -0.39 is 0 Å². The molecule has 0 aliphatic heterocycles. The van der Waals surface area contributed by atoms with Gasteiger partial charge in [-0.25, -0.2) is 0 Å². The number of ketones is 1. The molecule has 0 amide bonds. The van der Waals surface area contributed by atoms with Crippen LogP contribution in [0, 0.1) is 5.92 Å². The molecule has 0 aromatic rings. The van der Waals surface area contributed by atoms with E-state index >= 15 is 0 Å². The summed E-state index contributed by atoms with van der Waals surface area (Å²) < 4.78 is 0. The van der Waals surface area contributed by atoms with Gasteiger partial charge < -0.3 is 0 Å².